The summed E-state index contributed by atoms with van der Waals surface area (Å²) >= 11 is 0. The highest BCUT2D eigenvalue weighted by Gasteiger charge is 2.25. The zero-order valence-corrected chi connectivity index (χ0v) is 11.8. The van der Waals surface area contributed by atoms with Gasteiger partial charge in [0.15, 0.2) is 0 Å². The Morgan fingerprint density at radius 1 is 1.29 bits per heavy atom. The maximum atomic E-state index is 11.6. The van der Waals surface area contributed by atoms with E-state index in [2.05, 4.69) is 19.9 Å². The third kappa shape index (κ3) is 5.96. The van der Waals surface area contributed by atoms with Crippen molar-refractivity contribution in [3.8, 4) is 0 Å². The van der Waals surface area contributed by atoms with E-state index in [9.17, 15) is 9.59 Å². The zero-order valence-electron chi connectivity index (χ0n) is 10.7. The Bertz CT molecular complexity index is 274. The number of hydrogen-bond donors (Lipinski definition) is 3. The molecule has 0 bridgehead atoms. The van der Waals surface area contributed by atoms with Crippen LogP contribution >= 0.6 is 9.24 Å². The number of hydrogen-bond acceptors (Lipinski definition) is 5. The van der Waals surface area contributed by atoms with Gasteiger partial charge in [-0.15, -0.1) is 9.24 Å². The summed E-state index contributed by atoms with van der Waals surface area (Å²) in [5.74, 6) is -1.31. The average Bonchev–Trinajstić information content (AvgIpc) is 2.25. The van der Waals surface area contributed by atoms with Crippen LogP contribution in [-0.4, -0.2) is 42.9 Å². The van der Waals surface area contributed by atoms with Crippen LogP contribution in [0.25, 0.3) is 0 Å². The van der Waals surface area contributed by atoms with Crippen molar-refractivity contribution in [3.05, 3.63) is 0 Å². The van der Waals surface area contributed by atoms with Gasteiger partial charge in [-0.1, -0.05) is 0 Å². The lowest BCUT2D eigenvalue weighted by Gasteiger charge is -2.22. The summed E-state index contributed by atoms with van der Waals surface area (Å²) in [6, 6.07) is -0.701. The molecule has 0 aromatic heterocycles. The van der Waals surface area contributed by atoms with Crippen LogP contribution in [0.3, 0.4) is 0 Å². The second-order valence-corrected chi connectivity index (χ2v) is 4.75. The molecule has 17 heavy (non-hydrogen) atoms. The van der Waals surface area contributed by atoms with Crippen molar-refractivity contribution in [2.45, 2.75) is 44.7 Å². The molecule has 0 saturated carbocycles. The Morgan fingerprint density at radius 2 is 1.82 bits per heavy atom. The normalized spacial score (nSPS) is 16.2. The van der Waals surface area contributed by atoms with Gasteiger partial charge in [0.25, 0.3) is 0 Å². The maximum absolute atomic E-state index is 11.6. The van der Waals surface area contributed by atoms with Crippen molar-refractivity contribution in [3.63, 3.8) is 0 Å². The molecule has 0 aliphatic rings. The molecular formula is C10H22N3O3P. The fourth-order valence-electron chi connectivity index (χ4n) is 1.14. The second-order valence-electron chi connectivity index (χ2n) is 4.08. The summed E-state index contributed by atoms with van der Waals surface area (Å²) in [6.07, 6.45) is -0.667. The van der Waals surface area contributed by atoms with E-state index in [-0.39, 0.29) is 11.9 Å². The van der Waals surface area contributed by atoms with Gasteiger partial charge in [0, 0.05) is 13.1 Å². The monoisotopic (exact) mass is 263 g/mol. The van der Waals surface area contributed by atoms with Crippen molar-refractivity contribution in [1.29, 1.82) is 0 Å². The molecule has 100 valence electrons. The molecule has 0 aliphatic heterocycles. The summed E-state index contributed by atoms with van der Waals surface area (Å²) in [7, 11) is 3.83. The number of amides is 1. The highest BCUT2D eigenvalue weighted by molar-refractivity contribution is 7.19. The quantitative estimate of drug-likeness (QED) is 0.430. The minimum atomic E-state index is -0.861. The topological polar surface area (TPSA) is 93.5 Å². The summed E-state index contributed by atoms with van der Waals surface area (Å²) in [5.41, 5.74) is 5.60. The highest BCUT2D eigenvalue weighted by Crippen LogP contribution is 2.05. The van der Waals surface area contributed by atoms with Gasteiger partial charge in [-0.3, -0.25) is 10.1 Å². The molecule has 0 radical (unpaired) electrons. The Morgan fingerprint density at radius 3 is 2.24 bits per heavy atom. The van der Waals surface area contributed by atoms with E-state index in [4.69, 9.17) is 10.5 Å². The molecule has 0 rings (SSSR count). The van der Waals surface area contributed by atoms with Gasteiger partial charge in [0.1, 0.15) is 17.9 Å². The van der Waals surface area contributed by atoms with Gasteiger partial charge in [-0.2, -0.15) is 0 Å². The fourth-order valence-corrected chi connectivity index (χ4v) is 1.60. The van der Waals surface area contributed by atoms with Gasteiger partial charge < -0.3 is 15.8 Å². The number of carbonyl (C=O) groups excluding carboxylic acids is 2. The summed E-state index contributed by atoms with van der Waals surface area (Å²) < 4.78 is 5.09. The molecule has 6 nitrogen and oxygen atoms in total. The van der Waals surface area contributed by atoms with E-state index in [1.165, 1.54) is 7.05 Å². The standard InChI is InChI=1S/C10H22N3O3P/c1-5(2)13-9(17)10(15)16-6(3)7(11)8(14)12-4/h5-7,9,13H,11,17H2,1-4H3,(H,12,14)/t6-,7+,9-/m1/s1. The predicted molar refractivity (Wildman–Crippen MR) is 69.4 cm³/mol. The molecule has 0 heterocycles. The van der Waals surface area contributed by atoms with Crippen molar-refractivity contribution in [2.75, 3.05) is 7.05 Å². The van der Waals surface area contributed by atoms with E-state index < -0.39 is 23.9 Å². The summed E-state index contributed by atoms with van der Waals surface area (Å²) in [6.45, 7) is 5.43. The molecule has 4 N–H and O–H groups in total. The van der Waals surface area contributed by atoms with Gasteiger partial charge in [0.2, 0.25) is 5.91 Å². The lowest BCUT2D eigenvalue weighted by atomic mass is 10.2. The molecular weight excluding hydrogens is 241 g/mol. The maximum Gasteiger partial charge on any atom is 0.327 e. The first-order valence-electron chi connectivity index (χ1n) is 5.48. The molecule has 0 aromatic rings. The second kappa shape index (κ2) is 7.58. The van der Waals surface area contributed by atoms with Crippen molar-refractivity contribution < 1.29 is 14.3 Å². The number of esters is 1. The lowest BCUT2D eigenvalue weighted by Crippen LogP contribution is -2.49. The van der Waals surface area contributed by atoms with Crippen LogP contribution in [0, 0.1) is 0 Å². The van der Waals surface area contributed by atoms with Crippen LogP contribution in [0.5, 0.6) is 0 Å². The highest BCUT2D eigenvalue weighted by atomic mass is 31.0. The minimum Gasteiger partial charge on any atom is -0.459 e. The molecule has 1 amide bonds. The van der Waals surface area contributed by atoms with E-state index in [0.29, 0.717) is 0 Å². The van der Waals surface area contributed by atoms with Gasteiger partial charge in [-0.05, 0) is 20.8 Å². The SMILES string of the molecule is CNC(=O)[C@@H](N)[C@@H](C)OC(=O)[C@@H](P)NC(C)C. The molecule has 0 fully saturated rings. The first-order chi connectivity index (χ1) is 7.79. The van der Waals surface area contributed by atoms with Crippen LogP contribution in [0.2, 0.25) is 0 Å². The van der Waals surface area contributed by atoms with Crippen LogP contribution in [0.1, 0.15) is 20.8 Å². The average molecular weight is 263 g/mol. The van der Waals surface area contributed by atoms with Crippen LogP contribution < -0.4 is 16.4 Å². The van der Waals surface area contributed by atoms with E-state index in [0.717, 1.165) is 0 Å². The largest absolute Gasteiger partial charge is 0.459 e. The molecule has 4 atom stereocenters. The Kier molecular flexibility index (Phi) is 7.27. The zero-order chi connectivity index (χ0) is 13.6. The van der Waals surface area contributed by atoms with Gasteiger partial charge in [0.05, 0.1) is 0 Å². The molecule has 0 aromatic carbocycles. The number of likely N-dealkylation sites (N-methyl/N-ethyl adjacent to an activating group) is 1. The predicted octanol–water partition coefficient (Wildman–Crippen LogP) is -0.809. The van der Waals surface area contributed by atoms with Gasteiger partial charge >= 0.3 is 5.97 Å². The third-order valence-electron chi connectivity index (χ3n) is 2.12. The number of ether oxygens (including phenoxy) is 1. The number of carbonyl (C=O) groups is 2. The molecule has 0 spiro atoms. The van der Waals surface area contributed by atoms with Crippen LogP contribution in [0.15, 0.2) is 0 Å². The van der Waals surface area contributed by atoms with Gasteiger partial charge in [-0.25, -0.2) is 4.79 Å². The lowest BCUT2D eigenvalue weighted by molar-refractivity contribution is -0.150. The number of nitrogens with two attached hydrogens (primary N) is 1. The Hall–Kier alpha value is -0.710. The van der Waals surface area contributed by atoms with E-state index in [1.54, 1.807) is 6.92 Å². The van der Waals surface area contributed by atoms with E-state index in [1.807, 2.05) is 13.8 Å². The Labute approximate surface area is 104 Å². The summed E-state index contributed by atoms with van der Waals surface area (Å²) in [4.78, 5) is 22.8. The first kappa shape index (κ1) is 16.3. The van der Waals surface area contributed by atoms with Crippen molar-refractivity contribution in [2.24, 2.45) is 5.73 Å². The molecule has 7 heteroatoms. The molecule has 0 aliphatic carbocycles. The molecule has 1 unspecified atom stereocenters. The molecule has 0 saturated heterocycles. The van der Waals surface area contributed by atoms with Crippen LogP contribution in [-0.2, 0) is 14.3 Å². The first-order valence-corrected chi connectivity index (χ1v) is 6.15. The van der Waals surface area contributed by atoms with E-state index >= 15 is 0 Å². The van der Waals surface area contributed by atoms with Crippen molar-refractivity contribution >= 4 is 21.1 Å². The Balaban J connectivity index is 4.24. The van der Waals surface area contributed by atoms with Crippen molar-refractivity contribution in [1.82, 2.24) is 10.6 Å². The van der Waals surface area contributed by atoms with Crippen LogP contribution in [0.4, 0.5) is 0 Å². The smallest absolute Gasteiger partial charge is 0.327 e. The number of rotatable bonds is 6. The minimum absolute atomic E-state index is 0.160. The number of nitrogens with one attached hydrogen (secondary N) is 2. The fraction of sp³-hybridized carbons (Fsp3) is 0.800. The summed E-state index contributed by atoms with van der Waals surface area (Å²) in [5, 5.41) is 5.38. The third-order valence-corrected chi connectivity index (χ3v) is 2.59.